The minimum absolute atomic E-state index is 0.0454. The maximum atomic E-state index is 13.3. The van der Waals surface area contributed by atoms with Crippen molar-refractivity contribution >= 4 is 35.2 Å². The number of hydrogen-bond donors (Lipinski definition) is 2. The molecule has 3 aliphatic heterocycles. The molecule has 11 heteroatoms. The number of rotatable bonds is 6. The lowest BCUT2D eigenvalue weighted by Gasteiger charge is -2.32. The number of nitrogens with one attached hydrogen (secondary N) is 2. The van der Waals surface area contributed by atoms with Gasteiger partial charge in [0.15, 0.2) is 0 Å². The summed E-state index contributed by atoms with van der Waals surface area (Å²) in [4.78, 5) is 65.8. The van der Waals surface area contributed by atoms with Gasteiger partial charge in [-0.3, -0.25) is 38.9 Å². The van der Waals surface area contributed by atoms with Crippen molar-refractivity contribution in [1.29, 1.82) is 0 Å². The third-order valence-corrected chi connectivity index (χ3v) is 7.75. The van der Waals surface area contributed by atoms with Gasteiger partial charge < -0.3 is 10.2 Å². The molecule has 1 atom stereocenters. The molecule has 4 heterocycles. The Kier molecular flexibility index (Phi) is 6.63. The Hall–Kier alpha value is -4.80. The molecule has 2 fully saturated rings. The van der Waals surface area contributed by atoms with Crippen LogP contribution in [0.15, 0.2) is 60.9 Å². The zero-order valence-electron chi connectivity index (χ0n) is 21.7. The molecule has 11 nitrogen and oxygen atoms in total. The van der Waals surface area contributed by atoms with Crippen molar-refractivity contribution < 1.29 is 24.0 Å². The van der Waals surface area contributed by atoms with Crippen LogP contribution in [0.1, 0.15) is 68.4 Å². The van der Waals surface area contributed by atoms with Crippen molar-refractivity contribution in [3.63, 3.8) is 0 Å². The number of hydrogen-bond acceptors (Lipinski definition) is 7. The lowest BCUT2D eigenvalue weighted by atomic mass is 10.0. The predicted molar refractivity (Wildman–Crippen MR) is 143 cm³/mol. The van der Waals surface area contributed by atoms with E-state index in [2.05, 4.69) is 15.7 Å². The molecule has 204 valence electrons. The molecule has 0 radical (unpaired) electrons. The van der Waals surface area contributed by atoms with Gasteiger partial charge in [-0.1, -0.05) is 24.3 Å². The molecular weight excluding hydrogens is 512 g/mol. The van der Waals surface area contributed by atoms with Crippen LogP contribution in [0.25, 0.3) is 0 Å². The minimum Gasteiger partial charge on any atom is -0.380 e. The Morgan fingerprint density at radius 1 is 0.950 bits per heavy atom. The topological polar surface area (TPSA) is 134 Å². The average Bonchev–Trinajstić information content (AvgIpc) is 3.55. The first-order chi connectivity index (χ1) is 19.4. The van der Waals surface area contributed by atoms with E-state index in [1.165, 1.54) is 0 Å². The van der Waals surface area contributed by atoms with Gasteiger partial charge in [-0.25, -0.2) is 0 Å². The summed E-state index contributed by atoms with van der Waals surface area (Å²) in [6.45, 7) is 1.69. The van der Waals surface area contributed by atoms with Gasteiger partial charge >= 0.3 is 0 Å². The average molecular weight is 541 g/mol. The van der Waals surface area contributed by atoms with Crippen LogP contribution < -0.4 is 10.6 Å². The summed E-state index contributed by atoms with van der Waals surface area (Å²) in [5.41, 5.74) is 2.54. The smallest absolute Gasteiger partial charge is 0.264 e. The molecule has 0 aliphatic carbocycles. The van der Waals surface area contributed by atoms with E-state index >= 15 is 0 Å². The lowest BCUT2D eigenvalue weighted by molar-refractivity contribution is -0.136. The van der Waals surface area contributed by atoms with Gasteiger partial charge in [-0.05, 0) is 43.5 Å². The number of benzene rings is 2. The first-order valence-electron chi connectivity index (χ1n) is 13.4. The summed E-state index contributed by atoms with van der Waals surface area (Å²) in [5.74, 6) is -2.09. The normalized spacial score (nSPS) is 19.6. The molecule has 3 aromatic rings. The summed E-state index contributed by atoms with van der Waals surface area (Å²) in [6, 6.07) is 13.4. The summed E-state index contributed by atoms with van der Waals surface area (Å²) < 4.78 is 1.93. The van der Waals surface area contributed by atoms with E-state index in [9.17, 15) is 24.0 Å². The molecule has 2 N–H and O–H groups in total. The first-order valence-corrected chi connectivity index (χ1v) is 13.4. The lowest BCUT2D eigenvalue weighted by Crippen LogP contribution is -2.54. The van der Waals surface area contributed by atoms with Crippen molar-refractivity contribution in [1.82, 2.24) is 24.9 Å². The number of likely N-dealkylation sites (tertiary alicyclic amines) is 1. The zero-order valence-corrected chi connectivity index (χ0v) is 21.7. The molecule has 2 saturated heterocycles. The van der Waals surface area contributed by atoms with E-state index in [1.807, 2.05) is 46.1 Å². The first kappa shape index (κ1) is 25.5. The summed E-state index contributed by atoms with van der Waals surface area (Å²) in [7, 11) is 0. The highest BCUT2D eigenvalue weighted by Crippen LogP contribution is 2.32. The summed E-state index contributed by atoms with van der Waals surface area (Å²) in [5, 5.41) is 10.0. The van der Waals surface area contributed by atoms with Crippen LogP contribution in [0, 0.1) is 0 Å². The van der Waals surface area contributed by atoms with Crippen LogP contribution in [0.4, 0.5) is 5.69 Å². The van der Waals surface area contributed by atoms with E-state index < -0.39 is 29.7 Å². The van der Waals surface area contributed by atoms with Gasteiger partial charge in [0.2, 0.25) is 11.8 Å². The highest BCUT2D eigenvalue weighted by molar-refractivity contribution is 6.25. The van der Waals surface area contributed by atoms with Crippen molar-refractivity contribution in [3.05, 3.63) is 83.2 Å². The van der Waals surface area contributed by atoms with Crippen LogP contribution >= 0.6 is 0 Å². The molecule has 0 spiro atoms. The molecule has 5 amide bonds. The van der Waals surface area contributed by atoms with Crippen molar-refractivity contribution in [2.45, 2.75) is 44.3 Å². The van der Waals surface area contributed by atoms with E-state index in [1.54, 1.807) is 24.4 Å². The SMILES string of the molecule is O=C1CCC(N2C(=O)c3cccc(NCc4cnn(C5CCN(C(=O)c6ccccc6)CC5)c4)c3C2=O)C(=O)N1. The molecule has 1 aromatic heterocycles. The van der Waals surface area contributed by atoms with E-state index in [0.29, 0.717) is 30.9 Å². The number of nitrogens with zero attached hydrogens (tertiary/aromatic N) is 4. The van der Waals surface area contributed by atoms with Crippen LogP contribution in [0.3, 0.4) is 0 Å². The number of carbonyl (C=O) groups excluding carboxylic acids is 5. The Bertz CT molecular complexity index is 1510. The van der Waals surface area contributed by atoms with Crippen molar-refractivity contribution in [2.24, 2.45) is 0 Å². The van der Waals surface area contributed by atoms with Crippen molar-refractivity contribution in [2.75, 3.05) is 18.4 Å². The van der Waals surface area contributed by atoms with Crippen LogP contribution in [-0.4, -0.2) is 68.2 Å². The van der Waals surface area contributed by atoms with Gasteiger partial charge in [0.05, 0.1) is 23.4 Å². The fourth-order valence-corrected chi connectivity index (χ4v) is 5.62. The maximum Gasteiger partial charge on any atom is 0.264 e. The summed E-state index contributed by atoms with van der Waals surface area (Å²) >= 11 is 0. The van der Waals surface area contributed by atoms with Crippen LogP contribution in [0.2, 0.25) is 0 Å². The Balaban J connectivity index is 1.09. The molecule has 2 aromatic carbocycles. The molecular formula is C29H28N6O5. The monoisotopic (exact) mass is 540 g/mol. The third kappa shape index (κ3) is 4.63. The largest absolute Gasteiger partial charge is 0.380 e. The Labute approximate surface area is 230 Å². The molecule has 0 saturated carbocycles. The quantitative estimate of drug-likeness (QED) is 0.459. The number of piperidine rings is 2. The Morgan fingerprint density at radius 2 is 1.73 bits per heavy atom. The standard InChI is InChI=1S/C29H28N6O5/c36-24-10-9-23(26(37)32-24)35-28(39)21-7-4-8-22(25(21)29(35)40)30-15-18-16-31-34(17-18)20-11-13-33(14-12-20)27(38)19-5-2-1-3-6-19/h1-8,16-17,20,23,30H,9-15H2,(H,32,36,37). The van der Waals surface area contributed by atoms with E-state index in [4.69, 9.17) is 0 Å². The van der Waals surface area contributed by atoms with Crippen molar-refractivity contribution in [3.8, 4) is 0 Å². The Morgan fingerprint density at radius 3 is 2.48 bits per heavy atom. The molecule has 0 bridgehead atoms. The molecule has 3 aliphatic rings. The fraction of sp³-hybridized carbons (Fsp3) is 0.310. The second-order valence-electron chi connectivity index (χ2n) is 10.2. The number of fused-ring (bicyclic) bond motifs is 1. The van der Waals surface area contributed by atoms with Crippen LogP contribution in [0.5, 0.6) is 0 Å². The van der Waals surface area contributed by atoms with E-state index in [-0.39, 0.29) is 35.9 Å². The predicted octanol–water partition coefficient (Wildman–Crippen LogP) is 2.37. The fourth-order valence-electron chi connectivity index (χ4n) is 5.62. The number of aromatic nitrogens is 2. The molecule has 40 heavy (non-hydrogen) atoms. The zero-order chi connectivity index (χ0) is 27.8. The second-order valence-corrected chi connectivity index (χ2v) is 10.2. The van der Waals surface area contributed by atoms with Gasteiger partial charge in [0.25, 0.3) is 17.7 Å². The minimum atomic E-state index is -1.01. The number of carbonyl (C=O) groups is 5. The maximum absolute atomic E-state index is 13.3. The summed E-state index contributed by atoms with van der Waals surface area (Å²) in [6.07, 6.45) is 5.50. The number of amides is 5. The van der Waals surface area contributed by atoms with Gasteiger partial charge in [0, 0.05) is 49.1 Å². The van der Waals surface area contributed by atoms with Gasteiger partial charge in [0.1, 0.15) is 6.04 Å². The van der Waals surface area contributed by atoms with E-state index in [0.717, 1.165) is 23.3 Å². The number of imide groups is 2. The van der Waals surface area contributed by atoms with Crippen LogP contribution in [-0.2, 0) is 16.1 Å². The number of anilines is 1. The van der Waals surface area contributed by atoms with Gasteiger partial charge in [-0.15, -0.1) is 0 Å². The molecule has 6 rings (SSSR count). The third-order valence-electron chi connectivity index (χ3n) is 7.75. The highest BCUT2D eigenvalue weighted by Gasteiger charge is 2.45. The highest BCUT2D eigenvalue weighted by atomic mass is 16.2. The second kappa shape index (κ2) is 10.4. The molecule has 1 unspecified atom stereocenters. The van der Waals surface area contributed by atoms with Gasteiger partial charge in [-0.2, -0.15) is 5.10 Å².